The van der Waals surface area contributed by atoms with Gasteiger partial charge < -0.3 is 20.6 Å². The van der Waals surface area contributed by atoms with Crippen LogP contribution in [0.2, 0.25) is 0 Å². The highest BCUT2D eigenvalue weighted by Gasteiger charge is 2.07. The van der Waals surface area contributed by atoms with E-state index in [2.05, 4.69) is 15.5 Å². The van der Waals surface area contributed by atoms with Crippen molar-refractivity contribution in [2.75, 3.05) is 11.1 Å². The summed E-state index contributed by atoms with van der Waals surface area (Å²) in [4.78, 5) is 10.8. The van der Waals surface area contributed by atoms with E-state index in [0.717, 1.165) is 11.1 Å². The van der Waals surface area contributed by atoms with Crippen molar-refractivity contribution in [2.24, 2.45) is 0 Å². The molecule has 7 heteroatoms. The molecular weight excluding hydrogens is 308 g/mol. The van der Waals surface area contributed by atoms with Crippen molar-refractivity contribution >= 4 is 17.7 Å². The van der Waals surface area contributed by atoms with Gasteiger partial charge in [-0.25, -0.2) is 4.79 Å². The first-order valence-corrected chi connectivity index (χ1v) is 7.33. The molecular formula is C17H16N4O3. The molecule has 2 aromatic carbocycles. The fraction of sp³-hybridized carbons (Fsp3) is 0.118. The molecule has 1 heterocycles. The molecule has 0 spiro atoms. The zero-order valence-electron chi connectivity index (χ0n) is 12.8. The number of nitrogens with zero attached hydrogens (tertiary/aromatic N) is 2. The van der Waals surface area contributed by atoms with Gasteiger partial charge in [0, 0.05) is 12.2 Å². The summed E-state index contributed by atoms with van der Waals surface area (Å²) in [6.45, 7) is 0.462. The number of anilines is 2. The van der Waals surface area contributed by atoms with E-state index in [1.54, 1.807) is 24.3 Å². The Morgan fingerprint density at radius 2 is 1.71 bits per heavy atom. The summed E-state index contributed by atoms with van der Waals surface area (Å²) in [6, 6.07) is 14.4. The first kappa shape index (κ1) is 15.5. The van der Waals surface area contributed by atoms with Gasteiger partial charge in [-0.3, -0.25) is 0 Å². The second kappa shape index (κ2) is 6.82. The first-order chi connectivity index (χ1) is 11.6. The van der Waals surface area contributed by atoms with Crippen LogP contribution < -0.4 is 11.1 Å². The van der Waals surface area contributed by atoms with Gasteiger partial charge >= 0.3 is 12.0 Å². The van der Waals surface area contributed by atoms with Crippen LogP contribution in [0.5, 0.6) is 0 Å². The number of nitrogens with one attached hydrogen (secondary N) is 1. The Balaban J connectivity index is 1.57. The maximum absolute atomic E-state index is 10.8. The third-order valence-electron chi connectivity index (χ3n) is 3.45. The molecule has 7 nitrogen and oxygen atoms in total. The van der Waals surface area contributed by atoms with Gasteiger partial charge in [0.1, 0.15) is 0 Å². The summed E-state index contributed by atoms with van der Waals surface area (Å²) in [7, 11) is 0. The van der Waals surface area contributed by atoms with Gasteiger partial charge in [0.15, 0.2) is 0 Å². The fourth-order valence-electron chi connectivity index (χ4n) is 2.15. The normalized spacial score (nSPS) is 10.5. The number of benzene rings is 2. The molecule has 0 atom stereocenters. The molecule has 0 amide bonds. The Morgan fingerprint density at radius 3 is 2.38 bits per heavy atom. The van der Waals surface area contributed by atoms with Crippen molar-refractivity contribution in [3.05, 3.63) is 71.1 Å². The molecule has 3 rings (SSSR count). The monoisotopic (exact) mass is 324 g/mol. The highest BCUT2D eigenvalue weighted by atomic mass is 16.4. The molecule has 24 heavy (non-hydrogen) atoms. The van der Waals surface area contributed by atoms with E-state index in [4.69, 9.17) is 15.3 Å². The number of nitrogen functional groups attached to an aromatic ring is 1. The molecule has 0 unspecified atom stereocenters. The third kappa shape index (κ3) is 3.89. The molecule has 1 aromatic heterocycles. The minimum atomic E-state index is -0.946. The fourth-order valence-corrected chi connectivity index (χ4v) is 2.15. The second-order valence-electron chi connectivity index (χ2n) is 5.27. The standard InChI is InChI=1S/C17H16N4O3/c18-14-7-3-11(4-8-14)9-15-20-21-17(24-15)19-10-12-1-5-13(6-2-12)16(22)23/h1-8H,9-10,18H2,(H,19,21)(H,22,23). The van der Waals surface area contributed by atoms with Crippen LogP contribution in [0.15, 0.2) is 52.9 Å². The topological polar surface area (TPSA) is 114 Å². The van der Waals surface area contributed by atoms with Crippen molar-refractivity contribution in [1.29, 1.82) is 0 Å². The number of rotatable bonds is 6. The molecule has 122 valence electrons. The molecule has 0 saturated carbocycles. The van der Waals surface area contributed by atoms with Gasteiger partial charge in [0.2, 0.25) is 5.89 Å². The minimum Gasteiger partial charge on any atom is -0.478 e. The van der Waals surface area contributed by atoms with Gasteiger partial charge in [-0.2, -0.15) is 0 Å². The summed E-state index contributed by atoms with van der Waals surface area (Å²) >= 11 is 0. The van der Waals surface area contributed by atoms with Crippen molar-refractivity contribution in [2.45, 2.75) is 13.0 Å². The number of carboxylic acid groups (broad SMARTS) is 1. The SMILES string of the molecule is Nc1ccc(Cc2nnc(NCc3ccc(C(=O)O)cc3)o2)cc1. The summed E-state index contributed by atoms with van der Waals surface area (Å²) in [5, 5.41) is 19.8. The largest absolute Gasteiger partial charge is 0.478 e. The smallest absolute Gasteiger partial charge is 0.335 e. The van der Waals surface area contributed by atoms with Gasteiger partial charge in [-0.05, 0) is 35.4 Å². The Kier molecular flexibility index (Phi) is 4.42. The Hall–Kier alpha value is -3.35. The van der Waals surface area contributed by atoms with Crippen molar-refractivity contribution in [3.8, 4) is 0 Å². The lowest BCUT2D eigenvalue weighted by Crippen LogP contribution is -2.01. The summed E-state index contributed by atoms with van der Waals surface area (Å²) < 4.78 is 5.54. The number of carboxylic acids is 1. The van der Waals surface area contributed by atoms with Crippen LogP contribution in [0.1, 0.15) is 27.4 Å². The summed E-state index contributed by atoms with van der Waals surface area (Å²) in [5.74, 6) is -0.442. The average Bonchev–Trinajstić information content (AvgIpc) is 3.03. The van der Waals surface area contributed by atoms with Crippen molar-refractivity contribution in [1.82, 2.24) is 10.2 Å². The Morgan fingerprint density at radius 1 is 1.04 bits per heavy atom. The Labute approximate surface area is 138 Å². The van der Waals surface area contributed by atoms with Crippen LogP contribution in [-0.2, 0) is 13.0 Å². The van der Waals surface area contributed by atoms with Crippen LogP contribution in [0.3, 0.4) is 0 Å². The highest BCUT2D eigenvalue weighted by Crippen LogP contribution is 2.14. The maximum Gasteiger partial charge on any atom is 0.335 e. The first-order valence-electron chi connectivity index (χ1n) is 7.33. The van der Waals surface area contributed by atoms with Gasteiger partial charge in [-0.15, -0.1) is 5.10 Å². The van der Waals surface area contributed by atoms with Crippen LogP contribution in [0.25, 0.3) is 0 Å². The number of aromatic nitrogens is 2. The predicted octanol–water partition coefficient (Wildman–Crippen LogP) is 2.55. The van der Waals surface area contributed by atoms with E-state index >= 15 is 0 Å². The molecule has 0 aliphatic rings. The van der Waals surface area contributed by atoms with E-state index in [-0.39, 0.29) is 5.56 Å². The lowest BCUT2D eigenvalue weighted by Gasteiger charge is -2.02. The van der Waals surface area contributed by atoms with E-state index in [9.17, 15) is 4.79 Å². The number of hydrogen-bond donors (Lipinski definition) is 3. The number of carbonyl (C=O) groups is 1. The zero-order chi connectivity index (χ0) is 16.9. The molecule has 0 aliphatic heterocycles. The zero-order valence-corrected chi connectivity index (χ0v) is 12.8. The molecule has 0 fully saturated rings. The maximum atomic E-state index is 10.8. The Bertz CT molecular complexity index is 826. The molecule has 0 radical (unpaired) electrons. The van der Waals surface area contributed by atoms with Crippen molar-refractivity contribution < 1.29 is 14.3 Å². The number of aromatic carboxylic acids is 1. The van der Waals surface area contributed by atoms with Crippen LogP contribution in [0, 0.1) is 0 Å². The van der Waals surface area contributed by atoms with Crippen LogP contribution >= 0.6 is 0 Å². The molecule has 0 saturated heterocycles. The van der Waals surface area contributed by atoms with Gasteiger partial charge in [0.05, 0.1) is 12.0 Å². The molecule has 3 aromatic rings. The molecule has 0 bridgehead atoms. The number of hydrogen-bond acceptors (Lipinski definition) is 6. The van der Waals surface area contributed by atoms with E-state index in [0.29, 0.717) is 30.6 Å². The third-order valence-corrected chi connectivity index (χ3v) is 3.45. The average molecular weight is 324 g/mol. The van der Waals surface area contributed by atoms with Gasteiger partial charge in [0.25, 0.3) is 0 Å². The molecule has 4 N–H and O–H groups in total. The van der Waals surface area contributed by atoms with Gasteiger partial charge in [-0.1, -0.05) is 29.4 Å². The van der Waals surface area contributed by atoms with Crippen molar-refractivity contribution in [3.63, 3.8) is 0 Å². The lowest BCUT2D eigenvalue weighted by atomic mass is 10.1. The summed E-state index contributed by atoms with van der Waals surface area (Å²) in [5.41, 5.74) is 8.56. The molecule has 0 aliphatic carbocycles. The lowest BCUT2D eigenvalue weighted by molar-refractivity contribution is 0.0697. The second-order valence-corrected chi connectivity index (χ2v) is 5.27. The number of nitrogens with two attached hydrogens (primary N) is 1. The van der Waals surface area contributed by atoms with Crippen LogP contribution in [-0.4, -0.2) is 21.3 Å². The highest BCUT2D eigenvalue weighted by molar-refractivity contribution is 5.87. The predicted molar refractivity (Wildman–Crippen MR) is 88.7 cm³/mol. The van der Waals surface area contributed by atoms with E-state index in [1.807, 2.05) is 24.3 Å². The summed E-state index contributed by atoms with van der Waals surface area (Å²) in [6.07, 6.45) is 0.530. The van der Waals surface area contributed by atoms with E-state index in [1.165, 1.54) is 0 Å². The quantitative estimate of drug-likeness (QED) is 0.597. The van der Waals surface area contributed by atoms with E-state index < -0.39 is 5.97 Å². The minimum absolute atomic E-state index is 0.252. The van der Waals surface area contributed by atoms with Crippen LogP contribution in [0.4, 0.5) is 11.7 Å².